The van der Waals surface area contributed by atoms with E-state index in [0.717, 1.165) is 31.2 Å². The summed E-state index contributed by atoms with van der Waals surface area (Å²) >= 11 is 0. The van der Waals surface area contributed by atoms with Gasteiger partial charge in [0, 0.05) is 6.07 Å². The van der Waals surface area contributed by atoms with Crippen LogP contribution >= 0.6 is 0 Å². The molecule has 1 N–H and O–H groups in total. The maximum absolute atomic E-state index is 13.1. The van der Waals surface area contributed by atoms with Gasteiger partial charge in [-0.25, -0.2) is 14.2 Å². The van der Waals surface area contributed by atoms with Gasteiger partial charge in [0.1, 0.15) is 23.9 Å². The predicted octanol–water partition coefficient (Wildman–Crippen LogP) is 5.48. The van der Waals surface area contributed by atoms with Crippen molar-refractivity contribution in [1.29, 1.82) is 0 Å². The zero-order chi connectivity index (χ0) is 23.5. The highest BCUT2D eigenvalue weighted by molar-refractivity contribution is 5.73. The Labute approximate surface area is 196 Å². The fourth-order valence-electron chi connectivity index (χ4n) is 4.49. The molecule has 0 amide bonds. The Hall–Kier alpha value is -3.49. The minimum atomic E-state index is -0.957. The molecule has 1 saturated carbocycles. The van der Waals surface area contributed by atoms with Crippen LogP contribution in [0.2, 0.25) is 0 Å². The van der Waals surface area contributed by atoms with E-state index in [9.17, 15) is 14.3 Å². The van der Waals surface area contributed by atoms with Crippen LogP contribution in [0.4, 0.5) is 4.39 Å². The Morgan fingerprint density at radius 2 is 1.76 bits per heavy atom. The molecule has 3 atom stereocenters. The maximum Gasteiger partial charge on any atom is 0.352 e. The van der Waals surface area contributed by atoms with Gasteiger partial charge in [0.05, 0.1) is 11.7 Å². The first-order valence-electron chi connectivity index (χ1n) is 11.4. The van der Waals surface area contributed by atoms with E-state index in [4.69, 9.17) is 14.3 Å². The van der Waals surface area contributed by atoms with Gasteiger partial charge < -0.3 is 14.6 Å². The molecule has 1 aromatic heterocycles. The molecule has 0 spiro atoms. The van der Waals surface area contributed by atoms with Crippen LogP contribution in [0.5, 0.6) is 17.4 Å². The van der Waals surface area contributed by atoms with Crippen molar-refractivity contribution in [3.05, 3.63) is 83.8 Å². The summed E-state index contributed by atoms with van der Waals surface area (Å²) < 4.78 is 24.7. The topological polar surface area (TPSA) is 84.2 Å². The Morgan fingerprint density at radius 1 is 1.06 bits per heavy atom. The van der Waals surface area contributed by atoms with Gasteiger partial charge in [-0.2, -0.15) is 0 Å². The second kappa shape index (κ2) is 9.79. The van der Waals surface area contributed by atoms with Gasteiger partial charge in [0.25, 0.3) is 6.23 Å². The van der Waals surface area contributed by atoms with Crippen LogP contribution in [0, 0.1) is 11.7 Å². The summed E-state index contributed by atoms with van der Waals surface area (Å²) in [7, 11) is 0. The van der Waals surface area contributed by atoms with Crippen LogP contribution in [0.25, 0.3) is 0 Å². The number of aromatic nitrogens is 1. The van der Waals surface area contributed by atoms with Crippen LogP contribution < -0.4 is 9.47 Å². The number of halogens is 1. The number of pyridine rings is 1. The van der Waals surface area contributed by atoms with Gasteiger partial charge in [0.15, 0.2) is 0 Å². The monoisotopic (exact) mass is 464 g/mol. The molecule has 0 radical (unpaired) electrons. The number of hydrogen-bond donors (Lipinski definition) is 1. The van der Waals surface area contributed by atoms with E-state index in [1.165, 1.54) is 12.1 Å². The fraction of sp³-hybridized carbons (Fsp3) is 0.308. The highest BCUT2D eigenvalue weighted by Crippen LogP contribution is 2.45. The van der Waals surface area contributed by atoms with E-state index in [2.05, 4.69) is 4.98 Å². The van der Waals surface area contributed by atoms with Gasteiger partial charge in [-0.3, -0.25) is 4.84 Å². The minimum Gasteiger partial charge on any atom is -0.487 e. The molecule has 0 bridgehead atoms. The molecular weight excluding hydrogens is 439 g/mol. The quantitative estimate of drug-likeness (QED) is 0.420. The molecule has 3 unspecified atom stereocenters. The second-order valence-electron chi connectivity index (χ2n) is 8.53. The van der Waals surface area contributed by atoms with Crippen molar-refractivity contribution in [2.75, 3.05) is 0 Å². The summed E-state index contributed by atoms with van der Waals surface area (Å²) in [6.45, 7) is 0.252. The third-order valence-corrected chi connectivity index (χ3v) is 6.16. The van der Waals surface area contributed by atoms with E-state index in [-0.39, 0.29) is 18.5 Å². The number of aliphatic carboxylic acids is 1. The summed E-state index contributed by atoms with van der Waals surface area (Å²) in [6, 6.07) is 18.8. The van der Waals surface area contributed by atoms with Crippen LogP contribution in [-0.2, 0) is 16.2 Å². The van der Waals surface area contributed by atoms with Crippen LogP contribution in [-0.4, -0.2) is 27.4 Å². The van der Waals surface area contributed by atoms with Crippen molar-refractivity contribution in [1.82, 2.24) is 10.0 Å². The summed E-state index contributed by atoms with van der Waals surface area (Å²) in [5.41, 5.74) is 1.71. The average molecular weight is 464 g/mol. The summed E-state index contributed by atoms with van der Waals surface area (Å²) in [4.78, 5) is 21.1. The molecular formula is C26H25FN2O5. The summed E-state index contributed by atoms with van der Waals surface area (Å²) in [5.74, 6) is 0.674. The van der Waals surface area contributed by atoms with Crippen molar-refractivity contribution >= 4 is 5.97 Å². The summed E-state index contributed by atoms with van der Waals surface area (Å²) in [5, 5.41) is 10.9. The zero-order valence-electron chi connectivity index (χ0n) is 18.5. The van der Waals surface area contributed by atoms with Crippen molar-refractivity contribution in [2.45, 2.75) is 44.6 Å². The number of hydroxylamine groups is 2. The standard InChI is InChI=1S/C26H25FN2O5/c27-19-10-14-22(15-11-19)33-23-7-3-6-20(28-23)16-32-21-12-8-18(9-13-21)24(17-4-1-2-5-17)29-25(34-29)26(30)31/h3,6-15,17,24-25H,1-2,4-5,16H2,(H,30,31). The number of benzene rings is 2. The Morgan fingerprint density at radius 3 is 2.44 bits per heavy atom. The van der Waals surface area contributed by atoms with Gasteiger partial charge in [0.2, 0.25) is 5.88 Å². The highest BCUT2D eigenvalue weighted by Gasteiger charge is 2.51. The number of carboxylic acids is 1. The van der Waals surface area contributed by atoms with E-state index < -0.39 is 12.2 Å². The molecule has 2 aromatic carbocycles. The fourth-order valence-corrected chi connectivity index (χ4v) is 4.49. The molecule has 176 valence electrons. The van der Waals surface area contributed by atoms with Crippen molar-refractivity contribution in [2.24, 2.45) is 5.92 Å². The Balaban J connectivity index is 1.22. The molecule has 1 aliphatic heterocycles. The lowest BCUT2D eigenvalue weighted by Crippen LogP contribution is -2.22. The largest absolute Gasteiger partial charge is 0.487 e. The lowest BCUT2D eigenvalue weighted by molar-refractivity contribution is -0.138. The van der Waals surface area contributed by atoms with Gasteiger partial charge in [-0.1, -0.05) is 31.0 Å². The second-order valence-corrected chi connectivity index (χ2v) is 8.53. The molecule has 5 rings (SSSR count). The van der Waals surface area contributed by atoms with Crippen LogP contribution in [0.15, 0.2) is 66.7 Å². The van der Waals surface area contributed by atoms with E-state index in [0.29, 0.717) is 29.0 Å². The molecule has 2 heterocycles. The van der Waals surface area contributed by atoms with Crippen molar-refractivity contribution in [3.8, 4) is 17.4 Å². The molecule has 2 aliphatic rings. The SMILES string of the molecule is O=C(O)C1ON1C(c1ccc(OCc2cccc(Oc3ccc(F)cc3)n2)cc1)C1CCCC1. The highest BCUT2D eigenvalue weighted by atomic mass is 19.1. The first-order valence-corrected chi connectivity index (χ1v) is 11.4. The number of ether oxygens (including phenoxy) is 2. The average Bonchev–Trinajstić information content (AvgIpc) is 3.45. The molecule has 1 aliphatic carbocycles. The normalized spacial score (nSPS) is 20.6. The number of carboxylic acid groups (broad SMARTS) is 1. The number of nitrogens with zero attached hydrogens (tertiary/aromatic N) is 2. The smallest absolute Gasteiger partial charge is 0.352 e. The number of carbonyl (C=O) groups is 1. The van der Waals surface area contributed by atoms with E-state index in [1.807, 2.05) is 36.4 Å². The van der Waals surface area contributed by atoms with Crippen molar-refractivity contribution in [3.63, 3.8) is 0 Å². The van der Waals surface area contributed by atoms with Gasteiger partial charge >= 0.3 is 5.97 Å². The first-order chi connectivity index (χ1) is 16.6. The minimum absolute atomic E-state index is 0.0698. The van der Waals surface area contributed by atoms with Gasteiger partial charge in [-0.05, 0) is 66.8 Å². The zero-order valence-corrected chi connectivity index (χ0v) is 18.5. The molecule has 2 fully saturated rings. The molecule has 7 nitrogen and oxygen atoms in total. The molecule has 8 heteroatoms. The van der Waals surface area contributed by atoms with Gasteiger partial charge in [-0.15, -0.1) is 5.06 Å². The number of hydrogen-bond acceptors (Lipinski definition) is 6. The maximum atomic E-state index is 13.1. The van der Waals surface area contributed by atoms with Crippen LogP contribution in [0.1, 0.15) is 43.0 Å². The summed E-state index contributed by atoms with van der Waals surface area (Å²) in [6.07, 6.45) is 3.58. The lowest BCUT2D eigenvalue weighted by atomic mass is 9.91. The predicted molar refractivity (Wildman–Crippen MR) is 121 cm³/mol. The third-order valence-electron chi connectivity index (χ3n) is 6.16. The number of rotatable bonds is 9. The van der Waals surface area contributed by atoms with E-state index >= 15 is 0 Å². The Bertz CT molecular complexity index is 1130. The molecule has 34 heavy (non-hydrogen) atoms. The third kappa shape index (κ3) is 5.18. The molecule has 3 aromatic rings. The molecule has 1 saturated heterocycles. The van der Waals surface area contributed by atoms with E-state index in [1.54, 1.807) is 23.3 Å². The van der Waals surface area contributed by atoms with Crippen molar-refractivity contribution < 1.29 is 28.6 Å². The Kier molecular flexibility index (Phi) is 6.42. The lowest BCUT2D eigenvalue weighted by Gasteiger charge is -2.23. The van der Waals surface area contributed by atoms with Crippen LogP contribution in [0.3, 0.4) is 0 Å². The first kappa shape index (κ1) is 22.3.